The first-order chi connectivity index (χ1) is 16.0. The molecule has 4 rings (SSSR count). The summed E-state index contributed by atoms with van der Waals surface area (Å²) in [5.74, 6) is 1.63. The van der Waals surface area contributed by atoms with Crippen molar-refractivity contribution < 1.29 is 19.1 Å². The van der Waals surface area contributed by atoms with E-state index in [-0.39, 0.29) is 17.9 Å². The maximum atomic E-state index is 13.4. The highest BCUT2D eigenvalue weighted by Gasteiger charge is 2.35. The smallest absolute Gasteiger partial charge is 0.257 e. The maximum absolute atomic E-state index is 13.4. The van der Waals surface area contributed by atoms with Gasteiger partial charge in [-0.2, -0.15) is 0 Å². The first kappa shape index (κ1) is 23.1. The number of nitrogens with zero attached hydrogens (tertiary/aromatic N) is 2. The highest BCUT2D eigenvalue weighted by Crippen LogP contribution is 2.33. The zero-order valence-electron chi connectivity index (χ0n) is 19.9. The van der Waals surface area contributed by atoms with Gasteiger partial charge in [-0.25, -0.2) is 0 Å². The van der Waals surface area contributed by atoms with E-state index in [1.807, 2.05) is 17.0 Å². The third-order valence-electron chi connectivity index (χ3n) is 6.59. The fraction of sp³-hybridized carbons (Fsp3) is 0.481. The van der Waals surface area contributed by atoms with Crippen molar-refractivity contribution in [1.82, 2.24) is 9.80 Å². The Morgan fingerprint density at radius 2 is 1.67 bits per heavy atom. The molecular weight excluding hydrogens is 416 g/mol. The first-order valence-corrected chi connectivity index (χ1v) is 11.9. The van der Waals surface area contributed by atoms with Crippen LogP contribution in [0.1, 0.15) is 54.1 Å². The van der Waals surface area contributed by atoms with Crippen LogP contribution in [0, 0.1) is 5.92 Å². The minimum atomic E-state index is -0.107. The quantitative estimate of drug-likeness (QED) is 0.601. The standard InChI is InChI=1S/C27H34N2O4/c1-4-19-5-7-20(8-6-19)18-28(2)27(31)24-17-23(32-3)11-12-25(24)33-22-13-15-29(16-14-22)26(30)21-9-10-21/h5-8,11-12,17,21-22H,4,9-10,13-16,18H2,1-3H3. The number of methoxy groups -OCH3 is 1. The van der Waals surface area contributed by atoms with E-state index in [2.05, 4.69) is 31.2 Å². The molecule has 0 radical (unpaired) electrons. The van der Waals surface area contributed by atoms with Crippen LogP contribution in [0.15, 0.2) is 42.5 Å². The predicted molar refractivity (Wildman–Crippen MR) is 128 cm³/mol. The van der Waals surface area contributed by atoms with Gasteiger partial charge < -0.3 is 19.3 Å². The van der Waals surface area contributed by atoms with Crippen molar-refractivity contribution in [2.75, 3.05) is 27.2 Å². The van der Waals surface area contributed by atoms with E-state index in [4.69, 9.17) is 9.47 Å². The van der Waals surface area contributed by atoms with Crippen molar-refractivity contribution in [2.45, 2.75) is 51.7 Å². The first-order valence-electron chi connectivity index (χ1n) is 11.9. The fourth-order valence-electron chi connectivity index (χ4n) is 4.30. The molecule has 1 heterocycles. The van der Waals surface area contributed by atoms with Crippen LogP contribution in [0.5, 0.6) is 11.5 Å². The Morgan fingerprint density at radius 3 is 2.27 bits per heavy atom. The number of likely N-dealkylation sites (tertiary alicyclic amines) is 1. The molecule has 2 amide bonds. The zero-order chi connectivity index (χ0) is 23.4. The molecule has 6 nitrogen and oxygen atoms in total. The van der Waals surface area contributed by atoms with Crippen LogP contribution < -0.4 is 9.47 Å². The van der Waals surface area contributed by atoms with E-state index in [0.29, 0.717) is 42.6 Å². The molecule has 0 atom stereocenters. The van der Waals surface area contributed by atoms with E-state index in [9.17, 15) is 9.59 Å². The molecule has 0 spiro atoms. The minimum absolute atomic E-state index is 0.0138. The topological polar surface area (TPSA) is 59.1 Å². The number of carbonyl (C=O) groups is 2. The number of aryl methyl sites for hydroxylation is 1. The Kier molecular flexibility index (Phi) is 7.21. The molecule has 2 aromatic rings. The summed E-state index contributed by atoms with van der Waals surface area (Å²) in [6.45, 7) is 4.07. The van der Waals surface area contributed by atoms with Gasteiger partial charge in [-0.05, 0) is 48.6 Å². The number of hydrogen-bond donors (Lipinski definition) is 0. The van der Waals surface area contributed by atoms with Crippen molar-refractivity contribution in [2.24, 2.45) is 5.92 Å². The van der Waals surface area contributed by atoms with Gasteiger partial charge in [-0.3, -0.25) is 9.59 Å². The Hall–Kier alpha value is -3.02. The number of benzene rings is 2. The number of piperidine rings is 1. The molecule has 6 heteroatoms. The second-order valence-corrected chi connectivity index (χ2v) is 9.11. The van der Waals surface area contributed by atoms with Crippen LogP contribution in [0.25, 0.3) is 0 Å². The van der Waals surface area contributed by atoms with Crippen LogP contribution >= 0.6 is 0 Å². The van der Waals surface area contributed by atoms with E-state index in [0.717, 1.165) is 37.7 Å². The molecule has 2 aromatic carbocycles. The third kappa shape index (κ3) is 5.67. The molecule has 2 aliphatic rings. The Balaban J connectivity index is 1.43. The van der Waals surface area contributed by atoms with E-state index >= 15 is 0 Å². The van der Waals surface area contributed by atoms with Crippen LogP contribution in [0.2, 0.25) is 0 Å². The van der Waals surface area contributed by atoms with E-state index in [1.165, 1.54) is 5.56 Å². The lowest BCUT2D eigenvalue weighted by Crippen LogP contribution is -2.42. The lowest BCUT2D eigenvalue weighted by Gasteiger charge is -2.33. The summed E-state index contributed by atoms with van der Waals surface area (Å²) < 4.78 is 11.7. The van der Waals surface area contributed by atoms with Gasteiger partial charge in [0.2, 0.25) is 5.91 Å². The summed E-state index contributed by atoms with van der Waals surface area (Å²) in [4.78, 5) is 29.4. The summed E-state index contributed by atoms with van der Waals surface area (Å²) >= 11 is 0. The van der Waals surface area contributed by atoms with Gasteiger partial charge >= 0.3 is 0 Å². The monoisotopic (exact) mass is 450 g/mol. The number of amides is 2. The highest BCUT2D eigenvalue weighted by molar-refractivity contribution is 5.97. The van der Waals surface area contributed by atoms with Crippen molar-refractivity contribution >= 4 is 11.8 Å². The molecule has 1 aliphatic heterocycles. The molecule has 0 bridgehead atoms. The minimum Gasteiger partial charge on any atom is -0.497 e. The van der Waals surface area contributed by atoms with Gasteiger partial charge in [-0.1, -0.05) is 31.2 Å². The van der Waals surface area contributed by atoms with Crippen LogP contribution in [0.3, 0.4) is 0 Å². The van der Waals surface area contributed by atoms with Crippen LogP contribution in [-0.4, -0.2) is 55.0 Å². The largest absolute Gasteiger partial charge is 0.497 e. The second-order valence-electron chi connectivity index (χ2n) is 9.11. The molecule has 33 heavy (non-hydrogen) atoms. The molecule has 2 fully saturated rings. The number of rotatable bonds is 8. The summed E-state index contributed by atoms with van der Waals surface area (Å²) in [5, 5.41) is 0. The summed E-state index contributed by atoms with van der Waals surface area (Å²) in [6.07, 6.45) is 4.59. The van der Waals surface area contributed by atoms with E-state index in [1.54, 1.807) is 25.1 Å². The predicted octanol–water partition coefficient (Wildman–Crippen LogP) is 4.31. The fourth-order valence-corrected chi connectivity index (χ4v) is 4.30. The highest BCUT2D eigenvalue weighted by atomic mass is 16.5. The molecule has 1 aliphatic carbocycles. The Morgan fingerprint density at radius 1 is 1.00 bits per heavy atom. The van der Waals surface area contributed by atoms with Crippen molar-refractivity contribution in [3.63, 3.8) is 0 Å². The van der Waals surface area contributed by atoms with Crippen molar-refractivity contribution in [3.05, 3.63) is 59.2 Å². The molecular formula is C27H34N2O4. The van der Waals surface area contributed by atoms with Gasteiger partial charge in [0.15, 0.2) is 0 Å². The Bertz CT molecular complexity index is 976. The molecule has 0 aromatic heterocycles. The molecule has 176 valence electrons. The lowest BCUT2D eigenvalue weighted by atomic mass is 10.1. The SMILES string of the molecule is CCc1ccc(CN(C)C(=O)c2cc(OC)ccc2OC2CCN(C(=O)C3CC3)CC2)cc1. The number of carbonyl (C=O) groups excluding carboxylic acids is 2. The molecule has 1 saturated heterocycles. The maximum Gasteiger partial charge on any atom is 0.257 e. The normalized spacial score (nSPS) is 16.4. The molecule has 0 unspecified atom stereocenters. The molecule has 1 saturated carbocycles. The third-order valence-corrected chi connectivity index (χ3v) is 6.59. The van der Waals surface area contributed by atoms with Gasteiger partial charge in [0.05, 0.1) is 12.7 Å². The number of hydrogen-bond acceptors (Lipinski definition) is 4. The lowest BCUT2D eigenvalue weighted by molar-refractivity contribution is -0.134. The average molecular weight is 451 g/mol. The van der Waals surface area contributed by atoms with Crippen molar-refractivity contribution in [3.8, 4) is 11.5 Å². The van der Waals surface area contributed by atoms with Gasteiger partial charge in [0.1, 0.15) is 17.6 Å². The second kappa shape index (κ2) is 10.3. The van der Waals surface area contributed by atoms with Crippen molar-refractivity contribution in [1.29, 1.82) is 0 Å². The van der Waals surface area contributed by atoms with Gasteiger partial charge in [-0.15, -0.1) is 0 Å². The number of ether oxygens (including phenoxy) is 2. The van der Waals surface area contributed by atoms with Crippen LogP contribution in [0.4, 0.5) is 0 Å². The van der Waals surface area contributed by atoms with Gasteiger partial charge in [0.25, 0.3) is 5.91 Å². The zero-order valence-corrected chi connectivity index (χ0v) is 19.9. The summed E-state index contributed by atoms with van der Waals surface area (Å²) in [7, 11) is 3.40. The molecule has 0 N–H and O–H groups in total. The van der Waals surface area contributed by atoms with Gasteiger partial charge in [0, 0.05) is 45.4 Å². The van der Waals surface area contributed by atoms with Crippen LogP contribution in [-0.2, 0) is 17.8 Å². The summed E-state index contributed by atoms with van der Waals surface area (Å²) in [5.41, 5.74) is 2.86. The Labute approximate surface area is 196 Å². The average Bonchev–Trinajstić information content (AvgIpc) is 3.70. The summed E-state index contributed by atoms with van der Waals surface area (Å²) in [6, 6.07) is 13.7. The van der Waals surface area contributed by atoms with E-state index < -0.39 is 0 Å².